The average molecular weight is 246 g/mol. The summed E-state index contributed by atoms with van der Waals surface area (Å²) in [7, 11) is 3.09. The van der Waals surface area contributed by atoms with Crippen molar-refractivity contribution in [3.05, 3.63) is 0 Å². The normalized spacial score (nSPS) is 20.5. The van der Waals surface area contributed by atoms with Crippen LogP contribution in [0.4, 0.5) is 4.39 Å². The number of carbonyl (C=O) groups excluding carboxylic acids is 1. The second kappa shape index (κ2) is 6.91. The second-order valence-corrected chi connectivity index (χ2v) is 4.60. The minimum Gasteiger partial charge on any atom is -0.467 e. The van der Waals surface area contributed by atoms with Crippen molar-refractivity contribution in [2.24, 2.45) is 0 Å². The zero-order valence-electron chi connectivity index (χ0n) is 11.0. The minimum absolute atomic E-state index is 0.128. The molecule has 100 valence electrons. The van der Waals surface area contributed by atoms with Crippen molar-refractivity contribution in [2.75, 3.05) is 40.3 Å². The summed E-state index contributed by atoms with van der Waals surface area (Å²) in [4.78, 5) is 15.3. The van der Waals surface area contributed by atoms with Gasteiger partial charge in [0.2, 0.25) is 6.17 Å². The molecule has 1 unspecified atom stereocenters. The highest BCUT2D eigenvalue weighted by Gasteiger charge is 2.26. The van der Waals surface area contributed by atoms with E-state index in [0.29, 0.717) is 6.04 Å². The molecule has 0 amide bonds. The van der Waals surface area contributed by atoms with E-state index in [4.69, 9.17) is 0 Å². The number of ether oxygens (including phenoxy) is 1. The zero-order valence-corrected chi connectivity index (χ0v) is 11.0. The van der Waals surface area contributed by atoms with Crippen molar-refractivity contribution in [1.82, 2.24) is 9.80 Å². The molecule has 0 radical (unpaired) electrons. The van der Waals surface area contributed by atoms with E-state index in [9.17, 15) is 9.18 Å². The molecule has 0 spiro atoms. The van der Waals surface area contributed by atoms with E-state index in [1.165, 1.54) is 7.11 Å². The average Bonchev–Trinajstić information content (AvgIpc) is 2.37. The van der Waals surface area contributed by atoms with Gasteiger partial charge in [-0.05, 0) is 39.5 Å². The molecule has 1 aliphatic rings. The van der Waals surface area contributed by atoms with Crippen LogP contribution < -0.4 is 0 Å². The molecule has 0 saturated carbocycles. The largest absolute Gasteiger partial charge is 0.467 e. The molecule has 1 rings (SSSR count). The highest BCUT2D eigenvalue weighted by atomic mass is 19.1. The lowest BCUT2D eigenvalue weighted by Gasteiger charge is -2.36. The van der Waals surface area contributed by atoms with Crippen molar-refractivity contribution >= 4 is 5.97 Å². The van der Waals surface area contributed by atoms with E-state index < -0.39 is 12.1 Å². The van der Waals surface area contributed by atoms with Crippen molar-refractivity contribution in [1.29, 1.82) is 0 Å². The lowest BCUT2D eigenvalue weighted by molar-refractivity contribution is -0.147. The molecular weight excluding hydrogens is 223 g/mol. The highest BCUT2D eigenvalue weighted by molar-refractivity contribution is 5.74. The molecule has 17 heavy (non-hydrogen) atoms. The first-order chi connectivity index (χ1) is 8.08. The Labute approximate surface area is 103 Å². The molecule has 0 aliphatic carbocycles. The van der Waals surface area contributed by atoms with E-state index in [1.807, 2.05) is 11.9 Å². The smallest absolute Gasteiger partial charge is 0.341 e. The van der Waals surface area contributed by atoms with Crippen molar-refractivity contribution in [2.45, 2.75) is 32.0 Å². The van der Waals surface area contributed by atoms with E-state index in [-0.39, 0.29) is 6.54 Å². The van der Waals surface area contributed by atoms with E-state index in [1.54, 1.807) is 0 Å². The Hall–Kier alpha value is -0.680. The lowest BCUT2D eigenvalue weighted by atomic mass is 10.0. The number of nitrogens with zero attached hydrogens (tertiary/aromatic N) is 2. The maximum atomic E-state index is 13.4. The Kier molecular flexibility index (Phi) is 5.85. The maximum Gasteiger partial charge on any atom is 0.341 e. The van der Waals surface area contributed by atoms with Crippen LogP contribution in [-0.2, 0) is 9.53 Å². The fourth-order valence-corrected chi connectivity index (χ4v) is 2.28. The third-order valence-corrected chi connectivity index (χ3v) is 3.53. The second-order valence-electron chi connectivity index (χ2n) is 4.60. The molecule has 0 bridgehead atoms. The maximum absolute atomic E-state index is 13.4. The molecule has 1 atom stereocenters. The summed E-state index contributed by atoms with van der Waals surface area (Å²) in [6.45, 7) is 5.47. The monoisotopic (exact) mass is 246 g/mol. The van der Waals surface area contributed by atoms with Crippen molar-refractivity contribution < 1.29 is 13.9 Å². The Morgan fingerprint density at radius 1 is 1.53 bits per heavy atom. The van der Waals surface area contributed by atoms with Gasteiger partial charge in [-0.15, -0.1) is 0 Å². The van der Waals surface area contributed by atoms with Gasteiger partial charge >= 0.3 is 5.97 Å². The first-order valence-electron chi connectivity index (χ1n) is 6.23. The number of methoxy groups -OCH3 is 1. The Morgan fingerprint density at radius 3 is 2.59 bits per heavy atom. The number of halogens is 1. The third kappa shape index (κ3) is 4.24. The summed E-state index contributed by atoms with van der Waals surface area (Å²) in [5, 5.41) is 0. The molecule has 0 aromatic rings. The van der Waals surface area contributed by atoms with Crippen LogP contribution in [0, 0.1) is 0 Å². The van der Waals surface area contributed by atoms with Gasteiger partial charge in [-0.25, -0.2) is 9.18 Å². The number of piperidine rings is 1. The lowest BCUT2D eigenvalue weighted by Crippen LogP contribution is -2.46. The fraction of sp³-hybridized carbons (Fsp3) is 0.917. The van der Waals surface area contributed by atoms with Gasteiger partial charge in [0.1, 0.15) is 0 Å². The van der Waals surface area contributed by atoms with Crippen LogP contribution in [0.1, 0.15) is 19.8 Å². The molecule has 1 heterocycles. The molecule has 0 N–H and O–H groups in total. The van der Waals surface area contributed by atoms with Crippen LogP contribution in [0.15, 0.2) is 0 Å². The SMILES string of the molecule is CCN1CCC(N(C)CC(F)C(=O)OC)CC1. The summed E-state index contributed by atoms with van der Waals surface area (Å²) < 4.78 is 17.8. The predicted molar refractivity (Wildman–Crippen MR) is 64.7 cm³/mol. The molecule has 1 saturated heterocycles. The van der Waals surface area contributed by atoms with Crippen LogP contribution in [0.25, 0.3) is 0 Å². The van der Waals surface area contributed by atoms with Gasteiger partial charge in [0.05, 0.1) is 7.11 Å². The van der Waals surface area contributed by atoms with Gasteiger partial charge < -0.3 is 9.64 Å². The van der Waals surface area contributed by atoms with Crippen molar-refractivity contribution in [3.63, 3.8) is 0 Å². The quantitative estimate of drug-likeness (QED) is 0.675. The van der Waals surface area contributed by atoms with Crippen molar-refractivity contribution in [3.8, 4) is 0 Å². The fourth-order valence-electron chi connectivity index (χ4n) is 2.28. The molecule has 1 aliphatic heterocycles. The summed E-state index contributed by atoms with van der Waals surface area (Å²) in [5.74, 6) is -0.775. The Balaban J connectivity index is 2.33. The number of alkyl halides is 1. The van der Waals surface area contributed by atoms with Gasteiger partial charge in [-0.3, -0.25) is 4.90 Å². The standard InChI is InChI=1S/C12H23FN2O2/c1-4-15-7-5-10(6-8-15)14(2)9-11(13)12(16)17-3/h10-11H,4-9H2,1-3H3. The van der Waals surface area contributed by atoms with E-state index in [2.05, 4.69) is 16.6 Å². The summed E-state index contributed by atoms with van der Waals surface area (Å²) in [6.07, 6.45) is 0.547. The summed E-state index contributed by atoms with van der Waals surface area (Å²) >= 11 is 0. The van der Waals surface area contributed by atoms with Gasteiger partial charge in [-0.1, -0.05) is 6.92 Å². The number of likely N-dealkylation sites (tertiary alicyclic amines) is 1. The number of rotatable bonds is 5. The topological polar surface area (TPSA) is 32.8 Å². The molecule has 0 aromatic carbocycles. The molecule has 0 aromatic heterocycles. The van der Waals surface area contributed by atoms with Crippen LogP contribution in [0.3, 0.4) is 0 Å². The zero-order chi connectivity index (χ0) is 12.8. The number of hydrogen-bond acceptors (Lipinski definition) is 4. The van der Waals surface area contributed by atoms with Gasteiger partial charge in [0, 0.05) is 12.6 Å². The van der Waals surface area contributed by atoms with Gasteiger partial charge in [0.15, 0.2) is 0 Å². The minimum atomic E-state index is -1.53. The van der Waals surface area contributed by atoms with Crippen LogP contribution >= 0.6 is 0 Å². The third-order valence-electron chi connectivity index (χ3n) is 3.53. The van der Waals surface area contributed by atoms with E-state index in [0.717, 1.165) is 32.5 Å². The van der Waals surface area contributed by atoms with Crippen LogP contribution in [0.5, 0.6) is 0 Å². The highest BCUT2D eigenvalue weighted by Crippen LogP contribution is 2.15. The summed E-state index contributed by atoms with van der Waals surface area (Å²) in [5.41, 5.74) is 0. The summed E-state index contributed by atoms with van der Waals surface area (Å²) in [6, 6.07) is 0.376. The van der Waals surface area contributed by atoms with Crippen LogP contribution in [-0.4, -0.2) is 68.3 Å². The van der Waals surface area contributed by atoms with Gasteiger partial charge in [-0.2, -0.15) is 0 Å². The molecule has 1 fully saturated rings. The number of hydrogen-bond donors (Lipinski definition) is 0. The number of carbonyl (C=O) groups is 1. The molecule has 5 heteroatoms. The first-order valence-corrected chi connectivity index (χ1v) is 6.23. The Bertz CT molecular complexity index is 243. The first kappa shape index (κ1) is 14.4. The molecule has 4 nitrogen and oxygen atoms in total. The van der Waals surface area contributed by atoms with E-state index >= 15 is 0 Å². The van der Waals surface area contributed by atoms with Crippen LogP contribution in [0.2, 0.25) is 0 Å². The predicted octanol–water partition coefficient (Wildman–Crippen LogP) is 0.914. The number of esters is 1. The Morgan fingerprint density at radius 2 is 2.12 bits per heavy atom. The molecular formula is C12H23FN2O2. The van der Waals surface area contributed by atoms with Gasteiger partial charge in [0.25, 0.3) is 0 Å².